The Hall–Kier alpha value is -2.48. The number of ether oxygens (including phenoxy) is 2. The van der Waals surface area contributed by atoms with Crippen molar-refractivity contribution < 1.29 is 33.4 Å². The summed E-state index contributed by atoms with van der Waals surface area (Å²) < 4.78 is 24.4. The lowest BCUT2D eigenvalue weighted by Crippen LogP contribution is -2.51. The van der Waals surface area contributed by atoms with Crippen LogP contribution in [-0.4, -0.2) is 47.9 Å². The van der Waals surface area contributed by atoms with Gasteiger partial charge in [-0.05, 0) is 12.0 Å². The summed E-state index contributed by atoms with van der Waals surface area (Å²) in [6.45, 7) is -0.297. The van der Waals surface area contributed by atoms with Crippen LogP contribution in [0.2, 0.25) is 0 Å². The number of carbonyl (C=O) groups is 3. The minimum absolute atomic E-state index is 0.0248. The number of aliphatic carboxylic acids is 1. The lowest BCUT2D eigenvalue weighted by atomic mass is 10.0. The van der Waals surface area contributed by atoms with Crippen molar-refractivity contribution in [3.05, 3.63) is 35.9 Å². The van der Waals surface area contributed by atoms with Crippen LogP contribution >= 0.6 is 0 Å². The molecule has 2 N–H and O–H groups in total. The summed E-state index contributed by atoms with van der Waals surface area (Å²) in [6.07, 6.45) is -0.656. The fourth-order valence-corrected chi connectivity index (χ4v) is 2.35. The molecular formula is C17H20FNO6. The number of hydrogen-bond donors (Lipinski definition) is 2. The van der Waals surface area contributed by atoms with Crippen molar-refractivity contribution in [1.29, 1.82) is 0 Å². The van der Waals surface area contributed by atoms with Crippen LogP contribution in [0.4, 0.5) is 4.39 Å². The molecule has 0 radical (unpaired) electrons. The zero-order valence-corrected chi connectivity index (χ0v) is 13.6. The Labute approximate surface area is 144 Å². The van der Waals surface area contributed by atoms with Crippen LogP contribution in [0.1, 0.15) is 24.8 Å². The predicted molar refractivity (Wildman–Crippen MR) is 84.3 cm³/mol. The quantitative estimate of drug-likeness (QED) is 0.681. The highest BCUT2D eigenvalue weighted by molar-refractivity contribution is 5.90. The Balaban J connectivity index is 1.97. The molecule has 1 aliphatic heterocycles. The molecule has 1 amide bonds. The Morgan fingerprint density at radius 2 is 2.04 bits per heavy atom. The lowest BCUT2D eigenvalue weighted by molar-refractivity contribution is -0.151. The Kier molecular flexibility index (Phi) is 6.46. The molecule has 8 heteroatoms. The summed E-state index contributed by atoms with van der Waals surface area (Å²) in [7, 11) is 0. The monoisotopic (exact) mass is 353 g/mol. The van der Waals surface area contributed by atoms with Crippen LogP contribution in [-0.2, 0) is 30.5 Å². The molecule has 1 aromatic carbocycles. The van der Waals surface area contributed by atoms with Gasteiger partial charge < -0.3 is 19.9 Å². The summed E-state index contributed by atoms with van der Waals surface area (Å²) in [5, 5.41) is 11.0. The van der Waals surface area contributed by atoms with Gasteiger partial charge >= 0.3 is 11.9 Å². The molecule has 0 aromatic heterocycles. The molecule has 1 aliphatic rings. The highest BCUT2D eigenvalue weighted by atomic mass is 19.1. The molecular weight excluding hydrogens is 333 g/mol. The third kappa shape index (κ3) is 5.53. The maximum absolute atomic E-state index is 14.4. The van der Waals surface area contributed by atoms with Crippen LogP contribution in [0.15, 0.2) is 30.3 Å². The van der Waals surface area contributed by atoms with Gasteiger partial charge in [-0.25, -0.2) is 9.18 Å². The normalized spacial score (nSPS) is 20.7. The molecule has 1 aromatic rings. The van der Waals surface area contributed by atoms with Crippen molar-refractivity contribution in [3.63, 3.8) is 0 Å². The van der Waals surface area contributed by atoms with Crippen LogP contribution in [0.25, 0.3) is 0 Å². The number of carbonyl (C=O) groups excluding carboxylic acids is 2. The van der Waals surface area contributed by atoms with Gasteiger partial charge in [-0.15, -0.1) is 0 Å². The molecule has 0 bridgehead atoms. The number of halogens is 1. The molecule has 1 unspecified atom stereocenters. The van der Waals surface area contributed by atoms with Gasteiger partial charge in [0.15, 0.2) is 0 Å². The summed E-state index contributed by atoms with van der Waals surface area (Å²) in [5.74, 6) is -2.92. The highest BCUT2D eigenvalue weighted by Crippen LogP contribution is 2.23. The van der Waals surface area contributed by atoms with Gasteiger partial charge in [-0.2, -0.15) is 0 Å². The Bertz CT molecular complexity index is 615. The summed E-state index contributed by atoms with van der Waals surface area (Å²) in [4.78, 5) is 35.0. The summed E-state index contributed by atoms with van der Waals surface area (Å²) in [5.41, 5.74) is -1.47. The van der Waals surface area contributed by atoms with Crippen molar-refractivity contribution in [1.82, 2.24) is 5.32 Å². The van der Waals surface area contributed by atoms with Crippen molar-refractivity contribution in [2.75, 3.05) is 13.2 Å². The van der Waals surface area contributed by atoms with E-state index in [4.69, 9.17) is 14.6 Å². The number of nitrogens with one attached hydrogen (secondary N) is 1. The molecule has 0 spiro atoms. The predicted octanol–water partition coefficient (Wildman–Crippen LogP) is 1.21. The first-order chi connectivity index (χ1) is 11.9. The standard InChI is InChI=1S/C17H20FNO6/c18-17(8-9-24-11-17)16(23)19-13(6-7-14(20)21)15(22)25-10-12-4-2-1-3-5-12/h1-5,13H,6-11H2,(H,19,23)(H,20,21)/t13-,17?/m0/s1. The number of amides is 1. The second kappa shape index (κ2) is 8.57. The SMILES string of the molecule is O=C(O)CC[C@H](NC(=O)C1(F)CCOC1)C(=O)OCc1ccccc1. The van der Waals surface area contributed by atoms with Gasteiger partial charge in [0.25, 0.3) is 5.91 Å². The number of carboxylic acids is 1. The van der Waals surface area contributed by atoms with Crippen molar-refractivity contribution in [2.24, 2.45) is 0 Å². The van der Waals surface area contributed by atoms with E-state index in [0.717, 1.165) is 5.56 Å². The number of alkyl halides is 1. The second-order valence-electron chi connectivity index (χ2n) is 5.82. The smallest absolute Gasteiger partial charge is 0.328 e. The largest absolute Gasteiger partial charge is 0.481 e. The van der Waals surface area contributed by atoms with Gasteiger partial charge in [0, 0.05) is 12.8 Å². The highest BCUT2D eigenvalue weighted by Gasteiger charge is 2.44. The van der Waals surface area contributed by atoms with E-state index in [1.165, 1.54) is 0 Å². The van der Waals surface area contributed by atoms with Crippen LogP contribution < -0.4 is 5.32 Å². The van der Waals surface area contributed by atoms with Crippen LogP contribution in [0.3, 0.4) is 0 Å². The van der Waals surface area contributed by atoms with Crippen molar-refractivity contribution in [3.8, 4) is 0 Å². The molecule has 1 fully saturated rings. The average molecular weight is 353 g/mol. The topological polar surface area (TPSA) is 102 Å². The first-order valence-corrected chi connectivity index (χ1v) is 7.91. The Morgan fingerprint density at radius 1 is 1.32 bits per heavy atom. The van der Waals surface area contributed by atoms with Crippen molar-refractivity contribution in [2.45, 2.75) is 37.6 Å². The average Bonchev–Trinajstić information content (AvgIpc) is 3.05. The van der Waals surface area contributed by atoms with E-state index in [9.17, 15) is 18.8 Å². The fourth-order valence-electron chi connectivity index (χ4n) is 2.35. The number of esters is 1. The van der Waals surface area contributed by atoms with Gasteiger partial charge in [-0.3, -0.25) is 9.59 Å². The third-order valence-electron chi connectivity index (χ3n) is 3.84. The van der Waals surface area contributed by atoms with Gasteiger partial charge in [0.2, 0.25) is 5.67 Å². The fraction of sp³-hybridized carbons (Fsp3) is 0.471. The molecule has 25 heavy (non-hydrogen) atoms. The number of carboxylic acid groups (broad SMARTS) is 1. The van der Waals surface area contributed by atoms with Gasteiger partial charge in [-0.1, -0.05) is 30.3 Å². The molecule has 2 atom stereocenters. The summed E-state index contributed by atoms with van der Waals surface area (Å²) in [6, 6.07) is 7.64. The zero-order chi connectivity index (χ0) is 18.3. The molecule has 0 saturated carbocycles. The van der Waals surface area contributed by atoms with E-state index in [2.05, 4.69) is 5.32 Å². The van der Waals surface area contributed by atoms with E-state index in [0.29, 0.717) is 0 Å². The first-order valence-electron chi connectivity index (χ1n) is 7.91. The summed E-state index contributed by atoms with van der Waals surface area (Å²) >= 11 is 0. The zero-order valence-electron chi connectivity index (χ0n) is 13.6. The molecule has 2 rings (SSSR count). The van der Waals surface area contributed by atoms with E-state index >= 15 is 0 Å². The van der Waals surface area contributed by atoms with Crippen molar-refractivity contribution >= 4 is 17.8 Å². The number of hydrogen-bond acceptors (Lipinski definition) is 5. The third-order valence-corrected chi connectivity index (χ3v) is 3.84. The van der Waals surface area contributed by atoms with E-state index in [-0.39, 0.29) is 39.1 Å². The molecule has 1 heterocycles. The molecule has 1 saturated heterocycles. The second-order valence-corrected chi connectivity index (χ2v) is 5.82. The minimum atomic E-state index is -2.21. The molecule has 136 valence electrons. The van der Waals surface area contributed by atoms with Crippen LogP contribution in [0.5, 0.6) is 0 Å². The van der Waals surface area contributed by atoms with Gasteiger partial charge in [0.05, 0.1) is 13.2 Å². The maximum atomic E-state index is 14.4. The van der Waals surface area contributed by atoms with Crippen LogP contribution in [0, 0.1) is 0 Å². The number of benzene rings is 1. The van der Waals surface area contributed by atoms with E-state index in [1.807, 2.05) is 6.07 Å². The van der Waals surface area contributed by atoms with E-state index in [1.54, 1.807) is 24.3 Å². The number of rotatable bonds is 8. The first kappa shape index (κ1) is 18.9. The maximum Gasteiger partial charge on any atom is 0.328 e. The molecule has 0 aliphatic carbocycles. The van der Waals surface area contributed by atoms with E-state index < -0.39 is 29.6 Å². The lowest BCUT2D eigenvalue weighted by Gasteiger charge is -2.22. The molecule has 7 nitrogen and oxygen atoms in total. The van der Waals surface area contributed by atoms with Gasteiger partial charge in [0.1, 0.15) is 12.6 Å². The Morgan fingerprint density at radius 3 is 2.64 bits per heavy atom. The minimum Gasteiger partial charge on any atom is -0.481 e.